The van der Waals surface area contributed by atoms with Gasteiger partial charge in [-0.2, -0.15) is 0 Å². The Morgan fingerprint density at radius 2 is 1.36 bits per heavy atom. The lowest BCUT2D eigenvalue weighted by Crippen LogP contribution is -2.39. The van der Waals surface area contributed by atoms with Crippen LogP contribution in [0.1, 0.15) is 71.3 Å². The van der Waals surface area contributed by atoms with Gasteiger partial charge < -0.3 is 8.85 Å². The van der Waals surface area contributed by atoms with Crippen molar-refractivity contribution in [2.75, 3.05) is 13.2 Å². The summed E-state index contributed by atoms with van der Waals surface area (Å²) in [5.74, 6) is 0. The van der Waals surface area contributed by atoms with E-state index < -0.39 is 9.28 Å². The van der Waals surface area contributed by atoms with Crippen LogP contribution in [0.25, 0.3) is 0 Å². The van der Waals surface area contributed by atoms with Gasteiger partial charge in [0.1, 0.15) is 0 Å². The monoisotopic (exact) mass is 321 g/mol. The van der Waals surface area contributed by atoms with Crippen LogP contribution in [0.15, 0.2) is 24.3 Å². The molecule has 0 unspecified atom stereocenters. The molecule has 0 N–H and O–H groups in total. The Labute approximate surface area is 139 Å². The summed E-state index contributed by atoms with van der Waals surface area (Å²) in [4.78, 5) is 0. The smallest absolute Gasteiger partial charge is 0.390 e. The zero-order valence-electron chi connectivity index (χ0n) is 14.7. The van der Waals surface area contributed by atoms with Crippen molar-refractivity contribution in [3.63, 3.8) is 0 Å². The van der Waals surface area contributed by atoms with Crippen LogP contribution in [0.3, 0.4) is 0 Å². The van der Waals surface area contributed by atoms with E-state index in [0.717, 1.165) is 38.9 Å². The van der Waals surface area contributed by atoms with Gasteiger partial charge in [0.2, 0.25) is 0 Å². The molecule has 2 nitrogen and oxygen atoms in total. The Kier molecular flexibility index (Phi) is 11.3. The first kappa shape index (κ1) is 19.4. The second-order valence-electron chi connectivity index (χ2n) is 5.81. The highest BCUT2D eigenvalue weighted by molar-refractivity contribution is 6.61. The van der Waals surface area contributed by atoms with E-state index in [1.807, 2.05) is 0 Å². The predicted molar refractivity (Wildman–Crippen MR) is 96.8 cm³/mol. The fourth-order valence-corrected chi connectivity index (χ4v) is 4.19. The zero-order chi connectivity index (χ0) is 16.0. The molecule has 0 amide bonds. The van der Waals surface area contributed by atoms with E-state index >= 15 is 0 Å². The van der Waals surface area contributed by atoms with Crippen molar-refractivity contribution in [2.24, 2.45) is 0 Å². The van der Waals surface area contributed by atoms with E-state index in [1.165, 1.54) is 36.4 Å². The molecular formula is C19H33O2Si. The molecule has 0 aliphatic rings. The van der Waals surface area contributed by atoms with Crippen LogP contribution in [-0.4, -0.2) is 22.5 Å². The molecule has 1 aromatic rings. The summed E-state index contributed by atoms with van der Waals surface area (Å²) in [5.41, 5.74) is 1.41. The average molecular weight is 322 g/mol. The van der Waals surface area contributed by atoms with E-state index in [9.17, 15) is 0 Å². The molecule has 0 fully saturated rings. The van der Waals surface area contributed by atoms with Gasteiger partial charge in [0.15, 0.2) is 0 Å². The number of hydrogen-bond donors (Lipinski definition) is 0. The number of benzene rings is 1. The fraction of sp³-hybridized carbons (Fsp3) is 0.684. The molecule has 0 saturated carbocycles. The molecule has 0 spiro atoms. The van der Waals surface area contributed by atoms with Gasteiger partial charge in [-0.05, 0) is 30.0 Å². The summed E-state index contributed by atoms with van der Waals surface area (Å²) < 4.78 is 12.4. The average Bonchev–Trinajstić information content (AvgIpc) is 2.54. The minimum atomic E-state index is -1.33. The molecule has 0 atom stereocenters. The molecule has 0 heterocycles. The largest absolute Gasteiger partial charge is 0.423 e. The van der Waals surface area contributed by atoms with Gasteiger partial charge in [-0.1, -0.05) is 77.1 Å². The van der Waals surface area contributed by atoms with Gasteiger partial charge in [0, 0.05) is 13.2 Å². The van der Waals surface area contributed by atoms with E-state index in [2.05, 4.69) is 45.0 Å². The minimum absolute atomic E-state index is 0.830. The molecule has 1 aromatic carbocycles. The van der Waals surface area contributed by atoms with Crippen LogP contribution in [0.5, 0.6) is 0 Å². The molecule has 1 radical (unpaired) electrons. The number of rotatable bonds is 13. The van der Waals surface area contributed by atoms with Gasteiger partial charge >= 0.3 is 9.28 Å². The summed E-state index contributed by atoms with van der Waals surface area (Å²) in [6, 6.07) is 8.68. The molecule has 22 heavy (non-hydrogen) atoms. The van der Waals surface area contributed by atoms with E-state index in [0.29, 0.717) is 0 Å². The maximum Gasteiger partial charge on any atom is 0.423 e. The highest BCUT2D eigenvalue weighted by Crippen LogP contribution is 2.06. The van der Waals surface area contributed by atoms with Crippen LogP contribution >= 0.6 is 0 Å². The third-order valence-corrected chi connectivity index (χ3v) is 5.58. The molecule has 125 valence electrons. The van der Waals surface area contributed by atoms with Crippen molar-refractivity contribution >= 4 is 14.5 Å². The molecule has 0 aliphatic heterocycles. The van der Waals surface area contributed by atoms with E-state index in [4.69, 9.17) is 8.85 Å². The van der Waals surface area contributed by atoms with E-state index in [-0.39, 0.29) is 0 Å². The Balaban J connectivity index is 2.65. The maximum atomic E-state index is 6.18. The fourth-order valence-electron chi connectivity index (χ4n) is 2.44. The molecule has 1 rings (SSSR count). The first-order valence-electron chi connectivity index (χ1n) is 9.04. The SMILES string of the molecule is CCCCCO[Si](OCCCCC)c1ccccc1CCC. The second kappa shape index (κ2) is 12.9. The highest BCUT2D eigenvalue weighted by Gasteiger charge is 2.21. The Hall–Kier alpha value is -0.643. The third kappa shape index (κ3) is 7.57. The molecular weight excluding hydrogens is 288 g/mol. The topological polar surface area (TPSA) is 18.5 Å². The van der Waals surface area contributed by atoms with Gasteiger partial charge in [0.25, 0.3) is 0 Å². The van der Waals surface area contributed by atoms with Crippen molar-refractivity contribution in [3.8, 4) is 0 Å². The molecule has 0 bridgehead atoms. The third-order valence-electron chi connectivity index (χ3n) is 3.72. The number of aryl methyl sites for hydroxylation is 1. The van der Waals surface area contributed by atoms with Crippen LogP contribution in [0.2, 0.25) is 0 Å². The van der Waals surface area contributed by atoms with Crippen molar-refractivity contribution in [2.45, 2.75) is 72.1 Å². The van der Waals surface area contributed by atoms with Crippen molar-refractivity contribution in [3.05, 3.63) is 29.8 Å². The summed E-state index contributed by atoms with van der Waals surface area (Å²) >= 11 is 0. The maximum absolute atomic E-state index is 6.18. The highest BCUT2D eigenvalue weighted by atomic mass is 28.3. The standard InChI is InChI=1S/C19H33O2Si/c1-4-7-11-16-20-22(21-17-12-8-5-2)19-15-10-9-14-18(19)13-6-3/h9-10,14-15H,4-8,11-13,16-17H2,1-3H3. The Morgan fingerprint density at radius 3 is 1.91 bits per heavy atom. The van der Waals surface area contributed by atoms with Gasteiger partial charge in [-0.15, -0.1) is 0 Å². The van der Waals surface area contributed by atoms with E-state index in [1.54, 1.807) is 0 Å². The first-order chi connectivity index (χ1) is 10.8. The summed E-state index contributed by atoms with van der Waals surface area (Å²) in [6.45, 7) is 8.34. The van der Waals surface area contributed by atoms with Gasteiger partial charge in [-0.3, -0.25) is 0 Å². The Bertz CT molecular complexity index is 369. The lowest BCUT2D eigenvalue weighted by Gasteiger charge is -2.18. The first-order valence-corrected chi connectivity index (χ1v) is 10.4. The van der Waals surface area contributed by atoms with Crippen LogP contribution in [0.4, 0.5) is 0 Å². The number of unbranched alkanes of at least 4 members (excludes halogenated alkanes) is 4. The van der Waals surface area contributed by atoms with Crippen LogP contribution < -0.4 is 5.19 Å². The van der Waals surface area contributed by atoms with Crippen molar-refractivity contribution < 1.29 is 8.85 Å². The Morgan fingerprint density at radius 1 is 0.773 bits per heavy atom. The van der Waals surface area contributed by atoms with Crippen LogP contribution in [0, 0.1) is 0 Å². The zero-order valence-corrected chi connectivity index (χ0v) is 15.7. The van der Waals surface area contributed by atoms with Gasteiger partial charge in [0.05, 0.1) is 0 Å². The molecule has 0 saturated heterocycles. The quantitative estimate of drug-likeness (QED) is 0.386. The molecule has 0 aliphatic carbocycles. The summed E-state index contributed by atoms with van der Waals surface area (Å²) in [6.07, 6.45) is 9.49. The molecule has 3 heteroatoms. The van der Waals surface area contributed by atoms with Crippen molar-refractivity contribution in [1.29, 1.82) is 0 Å². The molecule has 0 aromatic heterocycles. The normalized spacial score (nSPS) is 11.3. The predicted octanol–water partition coefficient (Wildman–Crippen LogP) is 4.75. The minimum Gasteiger partial charge on any atom is -0.390 e. The van der Waals surface area contributed by atoms with Crippen molar-refractivity contribution in [1.82, 2.24) is 0 Å². The lowest BCUT2D eigenvalue weighted by molar-refractivity contribution is 0.200. The lowest BCUT2D eigenvalue weighted by atomic mass is 10.1. The van der Waals surface area contributed by atoms with Gasteiger partial charge in [-0.25, -0.2) is 0 Å². The summed E-state index contributed by atoms with van der Waals surface area (Å²) in [7, 11) is -1.33. The second-order valence-corrected chi connectivity index (χ2v) is 7.50. The summed E-state index contributed by atoms with van der Waals surface area (Å²) in [5, 5.41) is 1.32. The number of hydrogen-bond acceptors (Lipinski definition) is 2. The van der Waals surface area contributed by atoms with Crippen LogP contribution in [-0.2, 0) is 15.3 Å².